The number of nitrogens with zero attached hydrogens (tertiary/aromatic N) is 1. The topological polar surface area (TPSA) is 75.1 Å². The molecule has 1 saturated heterocycles. The molecule has 0 spiro atoms. The van der Waals surface area contributed by atoms with Gasteiger partial charge in [-0.1, -0.05) is 12.1 Å². The molecular formula is C21H27N4O3+. The first-order valence-corrected chi connectivity index (χ1v) is 9.43. The maximum atomic E-state index is 12.4. The van der Waals surface area contributed by atoms with Crippen LogP contribution in [-0.2, 0) is 4.79 Å². The molecule has 0 aliphatic carbocycles. The Morgan fingerprint density at radius 3 is 2.57 bits per heavy atom. The van der Waals surface area contributed by atoms with Crippen LogP contribution in [0.2, 0.25) is 0 Å². The molecule has 7 heteroatoms. The van der Waals surface area contributed by atoms with E-state index in [0.717, 1.165) is 37.6 Å². The minimum absolute atomic E-state index is 0.0427. The summed E-state index contributed by atoms with van der Waals surface area (Å²) in [4.78, 5) is 27.7. The highest BCUT2D eigenvalue weighted by atomic mass is 16.5. The third-order valence-corrected chi connectivity index (χ3v) is 4.94. The van der Waals surface area contributed by atoms with Crippen molar-refractivity contribution < 1.29 is 19.2 Å². The summed E-state index contributed by atoms with van der Waals surface area (Å²) in [5, 5.41) is 5.48. The largest absolute Gasteiger partial charge is 0.497 e. The number of hydrogen-bond acceptors (Lipinski definition) is 4. The van der Waals surface area contributed by atoms with Crippen LogP contribution in [0.3, 0.4) is 0 Å². The van der Waals surface area contributed by atoms with Crippen LogP contribution >= 0.6 is 0 Å². The van der Waals surface area contributed by atoms with Crippen molar-refractivity contribution in [2.24, 2.45) is 0 Å². The number of amides is 2. The number of quaternary nitrogens is 1. The molecule has 0 radical (unpaired) electrons. The van der Waals surface area contributed by atoms with Crippen molar-refractivity contribution in [3.05, 3.63) is 54.1 Å². The molecule has 7 nitrogen and oxygen atoms in total. The average molecular weight is 383 g/mol. The van der Waals surface area contributed by atoms with Crippen LogP contribution in [0.4, 0.5) is 11.4 Å². The highest BCUT2D eigenvalue weighted by molar-refractivity contribution is 5.97. The normalized spacial score (nSPS) is 14.4. The molecule has 2 aromatic rings. The molecule has 1 heterocycles. The molecule has 0 saturated carbocycles. The van der Waals surface area contributed by atoms with E-state index in [9.17, 15) is 9.59 Å². The van der Waals surface area contributed by atoms with E-state index in [1.807, 2.05) is 18.2 Å². The van der Waals surface area contributed by atoms with Crippen LogP contribution in [-0.4, -0.2) is 58.7 Å². The van der Waals surface area contributed by atoms with E-state index in [2.05, 4.69) is 21.6 Å². The summed E-state index contributed by atoms with van der Waals surface area (Å²) in [5.41, 5.74) is 2.31. The first-order valence-electron chi connectivity index (χ1n) is 9.43. The quantitative estimate of drug-likeness (QED) is 0.675. The predicted molar refractivity (Wildman–Crippen MR) is 109 cm³/mol. The summed E-state index contributed by atoms with van der Waals surface area (Å²) >= 11 is 0. The maximum absolute atomic E-state index is 12.4. The van der Waals surface area contributed by atoms with Crippen molar-refractivity contribution in [1.29, 1.82) is 0 Å². The van der Waals surface area contributed by atoms with Crippen LogP contribution in [0.15, 0.2) is 48.5 Å². The second-order valence-electron chi connectivity index (χ2n) is 6.82. The summed E-state index contributed by atoms with van der Waals surface area (Å²) in [6.45, 7) is 3.98. The number of methoxy groups -OCH3 is 1. The van der Waals surface area contributed by atoms with Crippen LogP contribution < -0.4 is 25.2 Å². The smallest absolute Gasteiger partial charge is 0.279 e. The number of anilines is 2. The monoisotopic (exact) mass is 383 g/mol. The van der Waals surface area contributed by atoms with Gasteiger partial charge in [0.1, 0.15) is 5.75 Å². The van der Waals surface area contributed by atoms with Gasteiger partial charge in [-0.2, -0.15) is 0 Å². The lowest BCUT2D eigenvalue weighted by Gasteiger charge is -2.33. The zero-order valence-corrected chi connectivity index (χ0v) is 16.3. The summed E-state index contributed by atoms with van der Waals surface area (Å²) in [7, 11) is 3.26. The summed E-state index contributed by atoms with van der Waals surface area (Å²) in [6.07, 6.45) is 0. The molecule has 1 aliphatic rings. The molecule has 3 rings (SSSR count). The van der Waals surface area contributed by atoms with Crippen LogP contribution in [0.25, 0.3) is 0 Å². The van der Waals surface area contributed by atoms with E-state index in [1.165, 1.54) is 4.90 Å². The predicted octanol–water partition coefficient (Wildman–Crippen LogP) is 0.398. The van der Waals surface area contributed by atoms with E-state index in [-0.39, 0.29) is 11.8 Å². The van der Waals surface area contributed by atoms with Gasteiger partial charge in [-0.25, -0.2) is 0 Å². The minimum atomic E-state index is -0.171. The van der Waals surface area contributed by atoms with E-state index >= 15 is 0 Å². The number of carbonyl (C=O) groups excluding carboxylic acids is 2. The van der Waals surface area contributed by atoms with E-state index < -0.39 is 0 Å². The Balaban J connectivity index is 1.50. The Labute approximate surface area is 165 Å². The molecule has 0 aromatic heterocycles. The van der Waals surface area contributed by atoms with Crippen LogP contribution in [0.5, 0.6) is 5.75 Å². The lowest BCUT2D eigenvalue weighted by atomic mass is 10.2. The van der Waals surface area contributed by atoms with Crippen molar-refractivity contribution in [1.82, 2.24) is 5.32 Å². The van der Waals surface area contributed by atoms with Gasteiger partial charge >= 0.3 is 0 Å². The fourth-order valence-electron chi connectivity index (χ4n) is 3.38. The molecule has 0 bridgehead atoms. The van der Waals surface area contributed by atoms with Gasteiger partial charge in [-0.3, -0.25) is 9.59 Å². The van der Waals surface area contributed by atoms with Gasteiger partial charge in [0, 0.05) is 30.1 Å². The summed E-state index contributed by atoms with van der Waals surface area (Å²) in [6, 6.07) is 15.0. The highest BCUT2D eigenvalue weighted by Crippen LogP contribution is 2.20. The second kappa shape index (κ2) is 9.23. The zero-order valence-electron chi connectivity index (χ0n) is 16.3. The van der Waals surface area contributed by atoms with Crippen molar-refractivity contribution in [3.8, 4) is 5.75 Å². The molecule has 1 aliphatic heterocycles. The first kappa shape index (κ1) is 19.7. The SMILES string of the molecule is CNC(=O)c1cccc(NC(=O)C[NH+]2CCN(c3cccc(OC)c3)CC2)c1. The van der Waals surface area contributed by atoms with E-state index in [4.69, 9.17) is 4.74 Å². The molecule has 28 heavy (non-hydrogen) atoms. The maximum Gasteiger partial charge on any atom is 0.279 e. The molecule has 0 unspecified atom stereocenters. The lowest BCUT2D eigenvalue weighted by molar-refractivity contribution is -0.892. The molecule has 0 atom stereocenters. The third-order valence-electron chi connectivity index (χ3n) is 4.94. The first-order chi connectivity index (χ1) is 13.6. The van der Waals surface area contributed by atoms with Gasteiger partial charge in [0.2, 0.25) is 0 Å². The second-order valence-corrected chi connectivity index (χ2v) is 6.82. The van der Waals surface area contributed by atoms with Gasteiger partial charge < -0.3 is 25.2 Å². The van der Waals surface area contributed by atoms with Crippen molar-refractivity contribution >= 4 is 23.2 Å². The molecule has 2 aromatic carbocycles. The minimum Gasteiger partial charge on any atom is -0.497 e. The van der Waals surface area contributed by atoms with Gasteiger partial charge in [-0.15, -0.1) is 0 Å². The fraction of sp³-hybridized carbons (Fsp3) is 0.333. The Morgan fingerprint density at radius 2 is 1.86 bits per heavy atom. The van der Waals surface area contributed by atoms with Crippen molar-refractivity contribution in [3.63, 3.8) is 0 Å². The number of piperazine rings is 1. The summed E-state index contributed by atoms with van der Waals surface area (Å²) in [5.74, 6) is 0.639. The standard InChI is InChI=1S/C21H26N4O3/c1-22-21(27)16-5-3-6-17(13-16)23-20(26)15-24-9-11-25(12-10-24)18-7-4-8-19(14-18)28-2/h3-8,13-14H,9-12,15H2,1-2H3,(H,22,27)(H,23,26)/p+1. The Kier molecular flexibility index (Phi) is 6.49. The molecule has 3 N–H and O–H groups in total. The van der Waals surface area contributed by atoms with Crippen LogP contribution in [0.1, 0.15) is 10.4 Å². The Bertz CT molecular complexity index is 832. The Hall–Kier alpha value is -3.06. The van der Waals surface area contributed by atoms with Crippen molar-refractivity contribution in [2.45, 2.75) is 0 Å². The van der Waals surface area contributed by atoms with Crippen molar-refractivity contribution in [2.75, 3.05) is 57.1 Å². The third kappa shape index (κ3) is 5.01. The van der Waals surface area contributed by atoms with E-state index in [0.29, 0.717) is 17.8 Å². The van der Waals surface area contributed by atoms with Gasteiger partial charge in [0.25, 0.3) is 11.8 Å². The Morgan fingerprint density at radius 1 is 1.11 bits per heavy atom. The molecular weight excluding hydrogens is 356 g/mol. The highest BCUT2D eigenvalue weighted by Gasteiger charge is 2.22. The number of nitrogens with one attached hydrogen (secondary N) is 3. The molecule has 1 fully saturated rings. The number of rotatable bonds is 6. The van der Waals surface area contributed by atoms with Gasteiger partial charge in [0.15, 0.2) is 6.54 Å². The number of carbonyl (C=O) groups is 2. The molecule has 2 amide bonds. The fourth-order valence-corrected chi connectivity index (χ4v) is 3.38. The zero-order chi connectivity index (χ0) is 19.9. The van der Waals surface area contributed by atoms with Gasteiger partial charge in [0.05, 0.1) is 33.3 Å². The van der Waals surface area contributed by atoms with E-state index in [1.54, 1.807) is 38.4 Å². The lowest BCUT2D eigenvalue weighted by Crippen LogP contribution is -3.15. The number of hydrogen-bond donors (Lipinski definition) is 3. The van der Waals surface area contributed by atoms with Crippen LogP contribution in [0, 0.1) is 0 Å². The summed E-state index contributed by atoms with van der Waals surface area (Å²) < 4.78 is 5.30. The average Bonchev–Trinajstić information content (AvgIpc) is 2.73. The number of ether oxygens (including phenoxy) is 1. The van der Waals surface area contributed by atoms with Gasteiger partial charge in [-0.05, 0) is 30.3 Å². The molecule has 148 valence electrons. The number of benzene rings is 2.